The van der Waals surface area contributed by atoms with Crippen LogP contribution in [-0.2, 0) is 4.74 Å². The van der Waals surface area contributed by atoms with Gasteiger partial charge in [0.05, 0.1) is 29.1 Å². The van der Waals surface area contributed by atoms with Crippen LogP contribution in [0.15, 0.2) is 36.4 Å². The second kappa shape index (κ2) is 10.1. The number of benzene rings is 1. The molecule has 1 saturated heterocycles. The van der Waals surface area contributed by atoms with Crippen LogP contribution in [-0.4, -0.2) is 76.7 Å². The standard InChI is InChI=1S/C26H33N5O3/c1-2-16-34-17-15-29-11-13-30(14-12-29)22-18-21(26(32)33)27-25-23(22)24(19-7-6-8-19)28-31(25)20-9-4-3-5-10-20/h3-5,9-10,18-19H,2,6-8,11-17H2,1H3,(H,32,33). The summed E-state index contributed by atoms with van der Waals surface area (Å²) in [4.78, 5) is 21.4. The van der Waals surface area contributed by atoms with E-state index in [2.05, 4.69) is 21.7 Å². The van der Waals surface area contributed by atoms with Crippen LogP contribution in [0.25, 0.3) is 16.7 Å². The summed E-state index contributed by atoms with van der Waals surface area (Å²) in [5, 5.41) is 15.9. The molecule has 0 amide bonds. The molecule has 34 heavy (non-hydrogen) atoms. The number of hydrogen-bond acceptors (Lipinski definition) is 6. The fraction of sp³-hybridized carbons (Fsp3) is 0.500. The largest absolute Gasteiger partial charge is 0.477 e. The quantitative estimate of drug-likeness (QED) is 0.481. The molecule has 0 radical (unpaired) electrons. The number of anilines is 1. The van der Waals surface area contributed by atoms with Crippen molar-refractivity contribution in [3.63, 3.8) is 0 Å². The van der Waals surface area contributed by atoms with Crippen molar-refractivity contribution in [3.8, 4) is 5.69 Å². The van der Waals surface area contributed by atoms with Gasteiger partial charge in [-0.15, -0.1) is 0 Å². The molecule has 8 nitrogen and oxygen atoms in total. The number of ether oxygens (including phenoxy) is 1. The fourth-order valence-corrected chi connectivity index (χ4v) is 4.85. The number of carboxylic acids is 1. The highest BCUT2D eigenvalue weighted by Crippen LogP contribution is 2.42. The van der Waals surface area contributed by atoms with Gasteiger partial charge < -0.3 is 14.7 Å². The fourth-order valence-electron chi connectivity index (χ4n) is 4.85. The van der Waals surface area contributed by atoms with E-state index in [1.54, 1.807) is 6.07 Å². The van der Waals surface area contributed by atoms with E-state index in [0.717, 1.165) is 87.7 Å². The van der Waals surface area contributed by atoms with Crippen molar-refractivity contribution in [2.75, 3.05) is 50.8 Å². The SMILES string of the molecule is CCCOCCN1CCN(c2cc(C(=O)O)nc3c2c(C2CCC2)nn3-c2ccccc2)CC1. The summed E-state index contributed by atoms with van der Waals surface area (Å²) < 4.78 is 7.50. The number of piperazine rings is 1. The van der Waals surface area contributed by atoms with Crippen molar-refractivity contribution in [1.82, 2.24) is 19.7 Å². The Balaban J connectivity index is 1.51. The maximum Gasteiger partial charge on any atom is 0.354 e. The number of hydrogen-bond donors (Lipinski definition) is 1. The average molecular weight is 464 g/mol. The number of rotatable bonds is 9. The molecule has 3 heterocycles. The molecule has 1 aliphatic carbocycles. The molecule has 8 heteroatoms. The Kier molecular flexibility index (Phi) is 6.78. The van der Waals surface area contributed by atoms with Crippen LogP contribution in [0, 0.1) is 0 Å². The molecule has 1 aromatic carbocycles. The molecule has 0 atom stereocenters. The molecule has 0 bridgehead atoms. The Hall–Kier alpha value is -2.97. The number of aromatic nitrogens is 3. The number of pyridine rings is 1. The van der Waals surface area contributed by atoms with Gasteiger partial charge >= 0.3 is 5.97 Å². The Labute approximate surface area is 200 Å². The van der Waals surface area contributed by atoms with E-state index in [9.17, 15) is 9.90 Å². The van der Waals surface area contributed by atoms with Crippen molar-refractivity contribution < 1.29 is 14.6 Å². The van der Waals surface area contributed by atoms with Gasteiger partial charge in [0.2, 0.25) is 0 Å². The summed E-state index contributed by atoms with van der Waals surface area (Å²) in [5.74, 6) is -0.610. The number of para-hydroxylation sites is 1. The van der Waals surface area contributed by atoms with Crippen molar-refractivity contribution in [1.29, 1.82) is 0 Å². The van der Waals surface area contributed by atoms with E-state index in [1.807, 2.05) is 35.0 Å². The topological polar surface area (TPSA) is 83.7 Å². The Bertz CT molecular complexity index is 1130. The summed E-state index contributed by atoms with van der Waals surface area (Å²) in [6.07, 6.45) is 4.48. The maximum atomic E-state index is 12.0. The lowest BCUT2D eigenvalue weighted by Crippen LogP contribution is -2.47. The molecule has 0 unspecified atom stereocenters. The first-order chi connectivity index (χ1) is 16.7. The van der Waals surface area contributed by atoms with Gasteiger partial charge in [-0.05, 0) is 37.5 Å². The van der Waals surface area contributed by atoms with E-state index in [4.69, 9.17) is 9.84 Å². The minimum atomic E-state index is -1.01. The summed E-state index contributed by atoms with van der Waals surface area (Å²) in [6, 6.07) is 11.6. The van der Waals surface area contributed by atoms with Gasteiger partial charge in [0, 0.05) is 45.2 Å². The van der Waals surface area contributed by atoms with E-state index in [0.29, 0.717) is 11.6 Å². The number of carboxylic acid groups (broad SMARTS) is 1. The Morgan fingerprint density at radius 3 is 2.53 bits per heavy atom. The minimum absolute atomic E-state index is 0.0649. The molecule has 180 valence electrons. The molecule has 0 spiro atoms. The van der Waals surface area contributed by atoms with E-state index >= 15 is 0 Å². The molecule has 1 saturated carbocycles. The van der Waals surface area contributed by atoms with Crippen molar-refractivity contribution in [2.45, 2.75) is 38.5 Å². The highest BCUT2D eigenvalue weighted by Gasteiger charge is 2.31. The van der Waals surface area contributed by atoms with Gasteiger partial charge in [0.1, 0.15) is 0 Å². The van der Waals surface area contributed by atoms with Gasteiger partial charge in [0.15, 0.2) is 11.3 Å². The van der Waals surface area contributed by atoms with Crippen LogP contribution < -0.4 is 4.90 Å². The zero-order chi connectivity index (χ0) is 23.5. The normalized spacial score (nSPS) is 17.3. The number of carbonyl (C=O) groups is 1. The number of aromatic carboxylic acids is 1. The first-order valence-electron chi connectivity index (χ1n) is 12.4. The van der Waals surface area contributed by atoms with Crippen LogP contribution in [0.1, 0.15) is 54.7 Å². The number of nitrogens with zero attached hydrogens (tertiary/aromatic N) is 5. The lowest BCUT2D eigenvalue weighted by molar-refractivity contribution is 0.0691. The summed E-state index contributed by atoms with van der Waals surface area (Å²) in [5.41, 5.74) is 3.61. The zero-order valence-electron chi connectivity index (χ0n) is 19.8. The van der Waals surface area contributed by atoms with Crippen LogP contribution in [0.2, 0.25) is 0 Å². The van der Waals surface area contributed by atoms with Crippen molar-refractivity contribution in [3.05, 3.63) is 47.8 Å². The first kappa shape index (κ1) is 22.8. The first-order valence-corrected chi connectivity index (χ1v) is 12.4. The maximum absolute atomic E-state index is 12.0. The highest BCUT2D eigenvalue weighted by atomic mass is 16.5. The van der Waals surface area contributed by atoms with E-state index in [1.165, 1.54) is 6.42 Å². The van der Waals surface area contributed by atoms with Gasteiger partial charge in [-0.3, -0.25) is 4.90 Å². The molecule has 5 rings (SSSR count). The Morgan fingerprint density at radius 1 is 1.12 bits per heavy atom. The van der Waals surface area contributed by atoms with Gasteiger partial charge in [-0.25, -0.2) is 14.5 Å². The predicted molar refractivity (Wildman–Crippen MR) is 132 cm³/mol. The van der Waals surface area contributed by atoms with Crippen molar-refractivity contribution >= 4 is 22.7 Å². The lowest BCUT2D eigenvalue weighted by atomic mass is 9.82. The molecule has 3 aromatic rings. The van der Waals surface area contributed by atoms with Crippen LogP contribution in [0.3, 0.4) is 0 Å². The van der Waals surface area contributed by atoms with E-state index < -0.39 is 5.97 Å². The molecular formula is C26H33N5O3. The minimum Gasteiger partial charge on any atom is -0.477 e. The van der Waals surface area contributed by atoms with Gasteiger partial charge in [-0.2, -0.15) is 5.10 Å². The molecule has 2 fully saturated rings. The molecule has 1 aliphatic heterocycles. The Morgan fingerprint density at radius 2 is 1.88 bits per heavy atom. The van der Waals surface area contributed by atoms with Crippen LogP contribution >= 0.6 is 0 Å². The second-order valence-corrected chi connectivity index (χ2v) is 9.23. The smallest absolute Gasteiger partial charge is 0.354 e. The predicted octanol–water partition coefficient (Wildman–Crippen LogP) is 3.93. The second-order valence-electron chi connectivity index (χ2n) is 9.23. The van der Waals surface area contributed by atoms with Crippen molar-refractivity contribution in [2.24, 2.45) is 0 Å². The third kappa shape index (κ3) is 4.52. The van der Waals surface area contributed by atoms with Crippen LogP contribution in [0.5, 0.6) is 0 Å². The summed E-state index contributed by atoms with van der Waals surface area (Å²) >= 11 is 0. The molecule has 1 N–H and O–H groups in total. The van der Waals surface area contributed by atoms with Gasteiger partial charge in [0.25, 0.3) is 0 Å². The average Bonchev–Trinajstić information content (AvgIpc) is 3.20. The third-order valence-corrected chi connectivity index (χ3v) is 6.97. The molecule has 2 aliphatic rings. The number of fused-ring (bicyclic) bond motifs is 1. The van der Waals surface area contributed by atoms with Gasteiger partial charge in [-0.1, -0.05) is 31.5 Å². The van der Waals surface area contributed by atoms with E-state index in [-0.39, 0.29) is 5.69 Å². The zero-order valence-corrected chi connectivity index (χ0v) is 19.8. The summed E-state index contributed by atoms with van der Waals surface area (Å²) in [6.45, 7) is 8.14. The third-order valence-electron chi connectivity index (χ3n) is 6.97. The van der Waals surface area contributed by atoms with Crippen LogP contribution in [0.4, 0.5) is 5.69 Å². The monoisotopic (exact) mass is 463 g/mol. The lowest BCUT2D eigenvalue weighted by Gasteiger charge is -2.36. The highest BCUT2D eigenvalue weighted by molar-refractivity contribution is 5.98. The molecule has 2 aromatic heterocycles. The summed E-state index contributed by atoms with van der Waals surface area (Å²) in [7, 11) is 0. The molecular weight excluding hydrogens is 430 g/mol.